The third kappa shape index (κ3) is 2.89. The van der Waals surface area contributed by atoms with Crippen LogP contribution in [0.25, 0.3) is 0 Å². The van der Waals surface area contributed by atoms with Crippen molar-refractivity contribution in [3.05, 3.63) is 29.3 Å². The summed E-state index contributed by atoms with van der Waals surface area (Å²) < 4.78 is 5.22. The maximum absolute atomic E-state index is 5.91. The van der Waals surface area contributed by atoms with E-state index in [0.29, 0.717) is 0 Å². The highest BCUT2D eigenvalue weighted by Gasteiger charge is 2.05. The van der Waals surface area contributed by atoms with E-state index < -0.39 is 0 Å². The molecule has 0 radical (unpaired) electrons. The summed E-state index contributed by atoms with van der Waals surface area (Å²) in [7, 11) is 1.68. The summed E-state index contributed by atoms with van der Waals surface area (Å²) in [6.45, 7) is 4.11. The van der Waals surface area contributed by atoms with Crippen LogP contribution < -0.4 is 10.5 Å². The molecule has 2 N–H and O–H groups in total. The van der Waals surface area contributed by atoms with Gasteiger partial charge in [-0.3, -0.25) is 0 Å². The number of rotatable bonds is 3. The van der Waals surface area contributed by atoms with Gasteiger partial charge in [-0.15, -0.1) is 12.4 Å². The Kier molecular flexibility index (Phi) is 5.58. The first-order chi connectivity index (χ1) is 6.19. The van der Waals surface area contributed by atoms with Gasteiger partial charge >= 0.3 is 0 Å². The molecule has 80 valence electrons. The molecule has 0 aliphatic rings. The Morgan fingerprint density at radius 2 is 2.07 bits per heavy atom. The summed E-state index contributed by atoms with van der Waals surface area (Å²) >= 11 is 0. The van der Waals surface area contributed by atoms with Gasteiger partial charge in [-0.25, -0.2) is 0 Å². The second-order valence-corrected chi connectivity index (χ2v) is 3.24. The quantitative estimate of drug-likeness (QED) is 0.842. The average Bonchev–Trinajstić information content (AvgIpc) is 2.17. The zero-order chi connectivity index (χ0) is 9.84. The fraction of sp³-hybridized carbons (Fsp3) is 0.455. The Morgan fingerprint density at radius 3 is 2.57 bits per heavy atom. The first-order valence-corrected chi connectivity index (χ1v) is 4.59. The second-order valence-electron chi connectivity index (χ2n) is 3.24. The molecule has 0 bridgehead atoms. The highest BCUT2D eigenvalue weighted by molar-refractivity contribution is 5.85. The van der Waals surface area contributed by atoms with Gasteiger partial charge in [0.25, 0.3) is 0 Å². The molecule has 1 rings (SSSR count). The minimum absolute atomic E-state index is 0. The van der Waals surface area contributed by atoms with E-state index in [1.807, 2.05) is 19.1 Å². The number of benzene rings is 1. The van der Waals surface area contributed by atoms with Crippen LogP contribution in [-0.4, -0.2) is 7.11 Å². The summed E-state index contributed by atoms with van der Waals surface area (Å²) in [6, 6.07) is 6.24. The smallest absolute Gasteiger partial charge is 0.122 e. The Balaban J connectivity index is 0.00000169. The zero-order valence-electron chi connectivity index (χ0n) is 8.91. The summed E-state index contributed by atoms with van der Waals surface area (Å²) in [4.78, 5) is 0. The van der Waals surface area contributed by atoms with E-state index >= 15 is 0 Å². The van der Waals surface area contributed by atoms with Crippen molar-refractivity contribution in [2.24, 2.45) is 5.73 Å². The predicted molar refractivity (Wildman–Crippen MR) is 62.2 cm³/mol. The Morgan fingerprint density at radius 1 is 1.43 bits per heavy atom. The van der Waals surface area contributed by atoms with E-state index in [1.54, 1.807) is 7.11 Å². The van der Waals surface area contributed by atoms with Crippen molar-refractivity contribution >= 4 is 12.4 Å². The molecule has 0 unspecified atom stereocenters. The summed E-state index contributed by atoms with van der Waals surface area (Å²) in [6.07, 6.45) is 0.951. The number of aryl methyl sites for hydroxylation is 1. The SMILES string of the molecule is CC[C@H](N)c1ccc(C)c(OC)c1.Cl. The van der Waals surface area contributed by atoms with Crippen LogP contribution in [0.4, 0.5) is 0 Å². The topological polar surface area (TPSA) is 35.2 Å². The van der Waals surface area contributed by atoms with Crippen LogP contribution >= 0.6 is 12.4 Å². The molecule has 1 aromatic rings. The fourth-order valence-corrected chi connectivity index (χ4v) is 1.30. The third-order valence-electron chi connectivity index (χ3n) is 2.30. The van der Waals surface area contributed by atoms with Crippen LogP contribution in [-0.2, 0) is 0 Å². The Bertz CT molecular complexity index is 289. The van der Waals surface area contributed by atoms with E-state index in [4.69, 9.17) is 10.5 Å². The lowest BCUT2D eigenvalue weighted by molar-refractivity contribution is 0.410. The highest BCUT2D eigenvalue weighted by atomic mass is 35.5. The van der Waals surface area contributed by atoms with Crippen molar-refractivity contribution in [1.29, 1.82) is 0 Å². The lowest BCUT2D eigenvalue weighted by Crippen LogP contribution is -2.08. The molecule has 0 spiro atoms. The van der Waals surface area contributed by atoms with Crippen molar-refractivity contribution in [2.75, 3.05) is 7.11 Å². The number of hydrogen-bond acceptors (Lipinski definition) is 2. The molecular formula is C11H18ClNO. The molecule has 14 heavy (non-hydrogen) atoms. The molecule has 0 aromatic heterocycles. The van der Waals surface area contributed by atoms with Gasteiger partial charge in [0.05, 0.1) is 7.11 Å². The predicted octanol–water partition coefficient (Wildman–Crippen LogP) is 2.84. The molecule has 0 saturated carbocycles. The van der Waals surface area contributed by atoms with Crippen molar-refractivity contribution in [3.63, 3.8) is 0 Å². The fourth-order valence-electron chi connectivity index (χ4n) is 1.30. The molecule has 0 fully saturated rings. The first-order valence-electron chi connectivity index (χ1n) is 4.59. The largest absolute Gasteiger partial charge is 0.496 e. The minimum atomic E-state index is 0. The van der Waals surface area contributed by atoms with Crippen molar-refractivity contribution < 1.29 is 4.74 Å². The van der Waals surface area contributed by atoms with Crippen LogP contribution in [0.2, 0.25) is 0 Å². The van der Waals surface area contributed by atoms with Crippen LogP contribution in [0.5, 0.6) is 5.75 Å². The van der Waals surface area contributed by atoms with Gasteiger partial charge in [0, 0.05) is 6.04 Å². The average molecular weight is 216 g/mol. The Labute approximate surface area is 91.9 Å². The number of methoxy groups -OCH3 is 1. The van der Waals surface area contributed by atoms with E-state index in [1.165, 1.54) is 0 Å². The maximum Gasteiger partial charge on any atom is 0.122 e. The first kappa shape index (κ1) is 13.3. The second kappa shape index (κ2) is 5.89. The van der Waals surface area contributed by atoms with Gasteiger partial charge in [0.2, 0.25) is 0 Å². The maximum atomic E-state index is 5.91. The van der Waals surface area contributed by atoms with Gasteiger partial charge in [-0.05, 0) is 30.5 Å². The van der Waals surface area contributed by atoms with Crippen LogP contribution in [0.1, 0.15) is 30.5 Å². The van der Waals surface area contributed by atoms with Crippen LogP contribution in [0.3, 0.4) is 0 Å². The third-order valence-corrected chi connectivity index (χ3v) is 2.30. The van der Waals surface area contributed by atoms with Crippen molar-refractivity contribution in [2.45, 2.75) is 26.3 Å². The molecule has 0 aliphatic carbocycles. The van der Waals surface area contributed by atoms with Crippen molar-refractivity contribution in [3.8, 4) is 5.75 Å². The van der Waals surface area contributed by atoms with Gasteiger partial charge < -0.3 is 10.5 Å². The number of hydrogen-bond donors (Lipinski definition) is 1. The normalized spacial score (nSPS) is 11.7. The molecule has 1 aromatic carbocycles. The summed E-state index contributed by atoms with van der Waals surface area (Å²) in [5, 5.41) is 0. The van der Waals surface area contributed by atoms with Gasteiger partial charge in [-0.1, -0.05) is 19.1 Å². The molecule has 3 heteroatoms. The van der Waals surface area contributed by atoms with Gasteiger partial charge in [-0.2, -0.15) is 0 Å². The van der Waals surface area contributed by atoms with E-state index in [2.05, 4.69) is 13.0 Å². The van der Waals surface area contributed by atoms with E-state index in [0.717, 1.165) is 23.3 Å². The molecule has 0 aliphatic heterocycles. The standard InChI is InChI=1S/C11H17NO.ClH/c1-4-10(12)9-6-5-8(2)11(7-9)13-3;/h5-7,10H,4,12H2,1-3H3;1H/t10-;/m0./s1. The lowest BCUT2D eigenvalue weighted by Gasteiger charge is -2.12. The highest BCUT2D eigenvalue weighted by Crippen LogP contribution is 2.23. The monoisotopic (exact) mass is 215 g/mol. The van der Waals surface area contributed by atoms with E-state index in [9.17, 15) is 0 Å². The van der Waals surface area contributed by atoms with Crippen LogP contribution in [0.15, 0.2) is 18.2 Å². The lowest BCUT2D eigenvalue weighted by atomic mass is 10.0. The molecule has 0 heterocycles. The number of nitrogens with two attached hydrogens (primary N) is 1. The molecule has 0 amide bonds. The zero-order valence-corrected chi connectivity index (χ0v) is 9.73. The van der Waals surface area contributed by atoms with E-state index in [-0.39, 0.29) is 18.4 Å². The summed E-state index contributed by atoms with van der Waals surface area (Å²) in [5.74, 6) is 0.918. The van der Waals surface area contributed by atoms with Crippen LogP contribution in [0, 0.1) is 6.92 Å². The molecular weight excluding hydrogens is 198 g/mol. The Hall–Kier alpha value is -0.730. The molecule has 0 saturated heterocycles. The molecule has 1 atom stereocenters. The van der Waals surface area contributed by atoms with Crippen molar-refractivity contribution in [1.82, 2.24) is 0 Å². The number of halogens is 1. The minimum Gasteiger partial charge on any atom is -0.496 e. The number of ether oxygens (including phenoxy) is 1. The van der Waals surface area contributed by atoms with Gasteiger partial charge in [0.15, 0.2) is 0 Å². The summed E-state index contributed by atoms with van der Waals surface area (Å²) in [5.41, 5.74) is 8.20. The van der Waals surface area contributed by atoms with Gasteiger partial charge in [0.1, 0.15) is 5.75 Å². The molecule has 2 nitrogen and oxygen atoms in total.